The van der Waals surface area contributed by atoms with Crippen molar-refractivity contribution in [1.82, 2.24) is 4.98 Å². The van der Waals surface area contributed by atoms with Crippen LogP contribution in [-0.4, -0.2) is 24.6 Å². The molecule has 2 aromatic rings. The lowest BCUT2D eigenvalue weighted by molar-refractivity contribution is 0.867. The molecule has 2 N–H and O–H groups in total. The molecule has 2 rings (SSSR count). The van der Waals surface area contributed by atoms with Gasteiger partial charge in [0.2, 0.25) is 0 Å². The van der Waals surface area contributed by atoms with Crippen molar-refractivity contribution in [1.29, 1.82) is 0 Å². The van der Waals surface area contributed by atoms with Gasteiger partial charge in [0, 0.05) is 25.2 Å². The number of nitrogens with zero attached hydrogens (tertiary/aromatic N) is 2. The lowest BCUT2D eigenvalue weighted by atomic mass is 10.2. The van der Waals surface area contributed by atoms with Crippen LogP contribution in [0.25, 0.3) is 10.2 Å². The number of anilines is 1. The summed E-state index contributed by atoms with van der Waals surface area (Å²) in [5, 5.41) is 1.14. The van der Waals surface area contributed by atoms with E-state index in [2.05, 4.69) is 41.9 Å². The molecule has 1 heterocycles. The Morgan fingerprint density at radius 1 is 1.29 bits per heavy atom. The predicted molar refractivity (Wildman–Crippen MR) is 75.9 cm³/mol. The van der Waals surface area contributed by atoms with Gasteiger partial charge in [0.1, 0.15) is 0 Å². The van der Waals surface area contributed by atoms with E-state index in [1.54, 1.807) is 11.3 Å². The summed E-state index contributed by atoms with van der Waals surface area (Å²) in [5.41, 5.74) is 7.94. The van der Waals surface area contributed by atoms with Crippen LogP contribution >= 0.6 is 11.3 Å². The van der Waals surface area contributed by atoms with Gasteiger partial charge in [0.15, 0.2) is 0 Å². The second-order valence-corrected chi connectivity index (χ2v) is 5.09. The molecule has 0 aliphatic rings. The van der Waals surface area contributed by atoms with Gasteiger partial charge >= 0.3 is 0 Å². The maximum atomic E-state index is 5.56. The lowest BCUT2D eigenvalue weighted by Gasteiger charge is -2.20. The van der Waals surface area contributed by atoms with E-state index in [1.807, 2.05) is 0 Å². The molecule has 0 radical (unpaired) electrons. The minimum Gasteiger partial charge on any atom is -0.372 e. The van der Waals surface area contributed by atoms with E-state index in [4.69, 9.17) is 5.73 Å². The molecule has 4 heteroatoms. The highest BCUT2D eigenvalue weighted by Crippen LogP contribution is 2.27. The summed E-state index contributed by atoms with van der Waals surface area (Å²) in [6.07, 6.45) is 0.875. The molecule has 0 spiro atoms. The van der Waals surface area contributed by atoms with Crippen molar-refractivity contribution in [3.8, 4) is 0 Å². The Labute approximate surface area is 106 Å². The molecule has 0 saturated heterocycles. The summed E-state index contributed by atoms with van der Waals surface area (Å²) in [4.78, 5) is 6.92. The molecule has 0 bridgehead atoms. The van der Waals surface area contributed by atoms with Crippen molar-refractivity contribution in [2.75, 3.05) is 24.5 Å². The Morgan fingerprint density at radius 2 is 2.06 bits per heavy atom. The van der Waals surface area contributed by atoms with Gasteiger partial charge in [-0.2, -0.15) is 0 Å². The standard InChI is InChI=1S/C13H19N3S/c1-3-16(4-2)10-5-6-11-12(9-10)17-13(15-11)7-8-14/h5-6,9H,3-4,7-8,14H2,1-2H3. The first-order valence-electron chi connectivity index (χ1n) is 6.13. The molecule has 0 amide bonds. The van der Waals surface area contributed by atoms with E-state index >= 15 is 0 Å². The van der Waals surface area contributed by atoms with Crippen LogP contribution in [-0.2, 0) is 6.42 Å². The smallest absolute Gasteiger partial charge is 0.0951 e. The average Bonchev–Trinajstić information content (AvgIpc) is 2.73. The third kappa shape index (κ3) is 2.58. The molecule has 1 aromatic heterocycles. The summed E-state index contributed by atoms with van der Waals surface area (Å²) in [5.74, 6) is 0. The Morgan fingerprint density at radius 3 is 2.71 bits per heavy atom. The van der Waals surface area contributed by atoms with Gasteiger partial charge in [-0.1, -0.05) is 0 Å². The monoisotopic (exact) mass is 249 g/mol. The third-order valence-electron chi connectivity index (χ3n) is 2.90. The first kappa shape index (κ1) is 12.3. The number of hydrogen-bond acceptors (Lipinski definition) is 4. The predicted octanol–water partition coefficient (Wildman–Crippen LogP) is 2.64. The summed E-state index contributed by atoms with van der Waals surface area (Å²) in [6, 6.07) is 6.50. The van der Waals surface area contributed by atoms with Crippen LogP contribution in [0.2, 0.25) is 0 Å². The van der Waals surface area contributed by atoms with Gasteiger partial charge < -0.3 is 10.6 Å². The lowest BCUT2D eigenvalue weighted by Crippen LogP contribution is -2.21. The summed E-state index contributed by atoms with van der Waals surface area (Å²) in [6.45, 7) is 7.11. The second-order valence-electron chi connectivity index (χ2n) is 3.97. The Bertz CT molecular complexity index is 488. The van der Waals surface area contributed by atoms with Crippen molar-refractivity contribution in [2.45, 2.75) is 20.3 Å². The highest BCUT2D eigenvalue weighted by atomic mass is 32.1. The number of thiazole rings is 1. The molecule has 17 heavy (non-hydrogen) atoms. The van der Waals surface area contributed by atoms with Crippen LogP contribution in [0, 0.1) is 0 Å². The van der Waals surface area contributed by atoms with Gasteiger partial charge in [-0.3, -0.25) is 0 Å². The number of nitrogens with two attached hydrogens (primary N) is 1. The van der Waals surface area contributed by atoms with Gasteiger partial charge in [-0.15, -0.1) is 11.3 Å². The van der Waals surface area contributed by atoms with Gasteiger partial charge in [-0.25, -0.2) is 4.98 Å². The van der Waals surface area contributed by atoms with Crippen molar-refractivity contribution >= 4 is 27.2 Å². The maximum absolute atomic E-state index is 5.56. The third-order valence-corrected chi connectivity index (χ3v) is 3.98. The fourth-order valence-corrected chi connectivity index (χ4v) is 2.99. The highest BCUT2D eigenvalue weighted by molar-refractivity contribution is 7.18. The first-order chi connectivity index (χ1) is 8.28. The van der Waals surface area contributed by atoms with E-state index in [0.29, 0.717) is 6.54 Å². The molecular weight excluding hydrogens is 230 g/mol. The zero-order valence-electron chi connectivity index (χ0n) is 10.4. The quantitative estimate of drug-likeness (QED) is 0.885. The molecule has 92 valence electrons. The van der Waals surface area contributed by atoms with E-state index in [1.165, 1.54) is 10.4 Å². The molecule has 0 unspecified atom stereocenters. The van der Waals surface area contributed by atoms with E-state index < -0.39 is 0 Å². The Kier molecular flexibility index (Phi) is 3.97. The van der Waals surface area contributed by atoms with Crippen LogP contribution in [0.5, 0.6) is 0 Å². The topological polar surface area (TPSA) is 42.2 Å². The van der Waals surface area contributed by atoms with Crippen molar-refractivity contribution in [2.24, 2.45) is 5.73 Å². The van der Waals surface area contributed by atoms with Crippen LogP contribution in [0.4, 0.5) is 5.69 Å². The molecule has 0 fully saturated rings. The maximum Gasteiger partial charge on any atom is 0.0951 e. The second kappa shape index (κ2) is 5.47. The molecule has 0 aliphatic heterocycles. The van der Waals surface area contributed by atoms with Crippen LogP contribution in [0.3, 0.4) is 0 Å². The fourth-order valence-electron chi connectivity index (χ4n) is 1.98. The van der Waals surface area contributed by atoms with Crippen LogP contribution in [0.1, 0.15) is 18.9 Å². The van der Waals surface area contributed by atoms with E-state index in [-0.39, 0.29) is 0 Å². The van der Waals surface area contributed by atoms with Gasteiger partial charge in [-0.05, 0) is 38.6 Å². The number of fused-ring (bicyclic) bond motifs is 1. The normalized spacial score (nSPS) is 11.0. The highest BCUT2D eigenvalue weighted by Gasteiger charge is 2.06. The average molecular weight is 249 g/mol. The van der Waals surface area contributed by atoms with Crippen molar-refractivity contribution in [3.05, 3.63) is 23.2 Å². The van der Waals surface area contributed by atoms with Crippen molar-refractivity contribution in [3.63, 3.8) is 0 Å². The molecule has 3 nitrogen and oxygen atoms in total. The Balaban J connectivity index is 2.35. The van der Waals surface area contributed by atoms with Crippen LogP contribution in [0.15, 0.2) is 18.2 Å². The van der Waals surface area contributed by atoms with E-state index in [9.17, 15) is 0 Å². The molecule has 0 saturated carbocycles. The summed E-state index contributed by atoms with van der Waals surface area (Å²) < 4.78 is 1.26. The SMILES string of the molecule is CCN(CC)c1ccc2nc(CCN)sc2c1. The number of aromatic nitrogens is 1. The number of rotatable bonds is 5. The zero-order valence-corrected chi connectivity index (χ0v) is 11.3. The molecular formula is C13H19N3S. The zero-order chi connectivity index (χ0) is 12.3. The van der Waals surface area contributed by atoms with Gasteiger partial charge in [0.25, 0.3) is 0 Å². The first-order valence-corrected chi connectivity index (χ1v) is 6.94. The molecule has 1 aromatic carbocycles. The van der Waals surface area contributed by atoms with Crippen molar-refractivity contribution < 1.29 is 0 Å². The minimum absolute atomic E-state index is 0.669. The van der Waals surface area contributed by atoms with Crippen LogP contribution < -0.4 is 10.6 Å². The molecule has 0 atom stereocenters. The fraction of sp³-hybridized carbons (Fsp3) is 0.462. The summed E-state index contributed by atoms with van der Waals surface area (Å²) in [7, 11) is 0. The Hall–Kier alpha value is -1.13. The molecule has 0 aliphatic carbocycles. The minimum atomic E-state index is 0.669. The summed E-state index contributed by atoms with van der Waals surface area (Å²) >= 11 is 1.76. The van der Waals surface area contributed by atoms with E-state index in [0.717, 1.165) is 30.0 Å². The van der Waals surface area contributed by atoms with Gasteiger partial charge in [0.05, 0.1) is 15.2 Å². The number of hydrogen-bond donors (Lipinski definition) is 1. The number of benzene rings is 1. The largest absolute Gasteiger partial charge is 0.372 e.